The molecule has 0 aromatic heterocycles. The number of carbonyl (C=O) groups is 2. The van der Waals surface area contributed by atoms with Crippen LogP contribution in [0.4, 0.5) is 4.39 Å². The molecule has 0 aliphatic carbocycles. The zero-order valence-electron chi connectivity index (χ0n) is 12.9. The van der Waals surface area contributed by atoms with Gasteiger partial charge in [-0.25, -0.2) is 4.39 Å². The molecule has 5 nitrogen and oxygen atoms in total. The maximum absolute atomic E-state index is 13.2. The Hall–Kier alpha value is -1.47. The van der Waals surface area contributed by atoms with Crippen molar-refractivity contribution in [3.05, 3.63) is 34.1 Å². The number of ether oxygens (including phenoxy) is 2. The molecule has 1 aromatic rings. The molecule has 0 radical (unpaired) electrons. The van der Waals surface area contributed by atoms with E-state index in [1.807, 2.05) is 0 Å². The Morgan fingerprint density at radius 3 is 2.87 bits per heavy atom. The van der Waals surface area contributed by atoms with Gasteiger partial charge in [-0.05, 0) is 47.0 Å². The quantitative estimate of drug-likeness (QED) is 0.704. The summed E-state index contributed by atoms with van der Waals surface area (Å²) in [6.45, 7) is 1.32. The number of rotatable bonds is 6. The van der Waals surface area contributed by atoms with Gasteiger partial charge in [0, 0.05) is 24.2 Å². The third kappa shape index (κ3) is 5.00. The van der Waals surface area contributed by atoms with Crippen LogP contribution in [0.1, 0.15) is 29.6 Å². The molecule has 1 aromatic carbocycles. The number of methoxy groups -OCH3 is 1. The van der Waals surface area contributed by atoms with Crippen molar-refractivity contribution in [3.8, 4) is 0 Å². The number of amides is 1. The second-order valence-electron chi connectivity index (χ2n) is 5.34. The van der Waals surface area contributed by atoms with Crippen molar-refractivity contribution in [1.82, 2.24) is 4.90 Å². The summed E-state index contributed by atoms with van der Waals surface area (Å²) in [5.74, 6) is -1.07. The molecule has 23 heavy (non-hydrogen) atoms. The molecule has 7 heteroatoms. The highest BCUT2D eigenvalue weighted by molar-refractivity contribution is 9.10. The lowest BCUT2D eigenvalue weighted by Gasteiger charge is -2.25. The Balaban J connectivity index is 2.12. The van der Waals surface area contributed by atoms with E-state index in [-0.39, 0.29) is 30.9 Å². The number of carbonyl (C=O) groups excluding carboxylic acids is 2. The first-order valence-corrected chi connectivity index (χ1v) is 8.23. The molecule has 1 atom stereocenters. The van der Waals surface area contributed by atoms with E-state index < -0.39 is 5.82 Å². The van der Waals surface area contributed by atoms with Gasteiger partial charge in [0.05, 0.1) is 25.2 Å². The molecule has 1 aliphatic rings. The van der Waals surface area contributed by atoms with Crippen LogP contribution in [-0.4, -0.2) is 49.7 Å². The fourth-order valence-electron chi connectivity index (χ4n) is 2.47. The van der Waals surface area contributed by atoms with Crippen molar-refractivity contribution in [2.24, 2.45) is 0 Å². The van der Waals surface area contributed by atoms with E-state index in [2.05, 4.69) is 20.7 Å². The van der Waals surface area contributed by atoms with Crippen molar-refractivity contribution in [2.45, 2.75) is 25.4 Å². The molecule has 0 spiro atoms. The van der Waals surface area contributed by atoms with E-state index in [0.29, 0.717) is 23.2 Å². The molecule has 2 rings (SSSR count). The van der Waals surface area contributed by atoms with Gasteiger partial charge in [0.1, 0.15) is 5.82 Å². The zero-order valence-corrected chi connectivity index (χ0v) is 14.5. The Labute approximate surface area is 142 Å². The van der Waals surface area contributed by atoms with Gasteiger partial charge in [-0.2, -0.15) is 0 Å². The third-order valence-electron chi connectivity index (χ3n) is 3.71. The second-order valence-corrected chi connectivity index (χ2v) is 6.19. The van der Waals surface area contributed by atoms with Crippen LogP contribution < -0.4 is 0 Å². The smallest absolute Gasteiger partial charge is 0.307 e. The van der Waals surface area contributed by atoms with Crippen LogP contribution in [0, 0.1) is 5.82 Å². The summed E-state index contributed by atoms with van der Waals surface area (Å²) in [5, 5.41) is 0. The van der Waals surface area contributed by atoms with Gasteiger partial charge in [-0.1, -0.05) is 0 Å². The predicted molar refractivity (Wildman–Crippen MR) is 85.6 cm³/mol. The molecular weight excluding hydrogens is 369 g/mol. The first kappa shape index (κ1) is 17.9. The Morgan fingerprint density at radius 1 is 1.48 bits per heavy atom. The highest BCUT2D eigenvalue weighted by Gasteiger charge is 2.25. The van der Waals surface area contributed by atoms with Gasteiger partial charge in [0.2, 0.25) is 0 Å². The number of hydrogen-bond donors (Lipinski definition) is 0. The van der Waals surface area contributed by atoms with Crippen LogP contribution >= 0.6 is 15.9 Å². The van der Waals surface area contributed by atoms with E-state index in [1.54, 1.807) is 4.90 Å². The number of benzene rings is 1. The molecule has 0 saturated carbocycles. The van der Waals surface area contributed by atoms with Crippen LogP contribution in [0.2, 0.25) is 0 Å². The van der Waals surface area contributed by atoms with Gasteiger partial charge >= 0.3 is 5.97 Å². The lowest BCUT2D eigenvalue weighted by Crippen LogP contribution is -2.39. The molecule has 1 amide bonds. The zero-order chi connectivity index (χ0) is 16.8. The van der Waals surface area contributed by atoms with Crippen molar-refractivity contribution in [3.63, 3.8) is 0 Å². The maximum atomic E-state index is 13.2. The van der Waals surface area contributed by atoms with Crippen LogP contribution in [0.25, 0.3) is 0 Å². The largest absolute Gasteiger partial charge is 0.469 e. The molecular formula is C16H19BrFNO4. The maximum Gasteiger partial charge on any atom is 0.307 e. The van der Waals surface area contributed by atoms with Crippen molar-refractivity contribution in [1.29, 1.82) is 0 Å². The van der Waals surface area contributed by atoms with E-state index in [4.69, 9.17) is 4.74 Å². The van der Waals surface area contributed by atoms with Crippen molar-refractivity contribution < 1.29 is 23.5 Å². The topological polar surface area (TPSA) is 55.8 Å². The van der Waals surface area contributed by atoms with Gasteiger partial charge in [-0.3, -0.25) is 9.59 Å². The number of esters is 1. The Kier molecular flexibility index (Phi) is 6.53. The standard InChI is InChI=1S/C16H19BrFNO4/c1-22-15(20)6-7-19(10-12-3-2-8-23-12)16(21)13-5-4-11(18)9-14(13)17/h4-5,9,12H,2-3,6-8,10H2,1H3. The third-order valence-corrected chi connectivity index (χ3v) is 4.37. The monoisotopic (exact) mass is 387 g/mol. The highest BCUT2D eigenvalue weighted by Crippen LogP contribution is 2.21. The van der Waals surface area contributed by atoms with Gasteiger partial charge in [0.15, 0.2) is 0 Å². The van der Waals surface area contributed by atoms with Crippen LogP contribution in [0.15, 0.2) is 22.7 Å². The molecule has 126 valence electrons. The average molecular weight is 388 g/mol. The molecule has 1 aliphatic heterocycles. The van der Waals surface area contributed by atoms with E-state index in [0.717, 1.165) is 12.8 Å². The summed E-state index contributed by atoms with van der Waals surface area (Å²) in [4.78, 5) is 25.7. The fraction of sp³-hybridized carbons (Fsp3) is 0.500. The van der Waals surface area contributed by atoms with E-state index >= 15 is 0 Å². The normalized spacial score (nSPS) is 17.1. The lowest BCUT2D eigenvalue weighted by atomic mass is 10.1. The van der Waals surface area contributed by atoms with Crippen LogP contribution in [0.5, 0.6) is 0 Å². The first-order chi connectivity index (χ1) is 11.0. The molecule has 1 unspecified atom stereocenters. The van der Waals surface area contributed by atoms with Crippen molar-refractivity contribution >= 4 is 27.8 Å². The molecule has 0 bridgehead atoms. The van der Waals surface area contributed by atoms with Crippen LogP contribution in [-0.2, 0) is 14.3 Å². The van der Waals surface area contributed by atoms with Crippen LogP contribution in [0.3, 0.4) is 0 Å². The SMILES string of the molecule is COC(=O)CCN(CC1CCCO1)C(=O)c1ccc(F)cc1Br. The van der Waals surface area contributed by atoms with E-state index in [1.165, 1.54) is 25.3 Å². The second kappa shape index (κ2) is 8.40. The molecule has 1 saturated heterocycles. The summed E-state index contributed by atoms with van der Waals surface area (Å²) in [6, 6.07) is 3.92. The highest BCUT2D eigenvalue weighted by atomic mass is 79.9. The minimum absolute atomic E-state index is 0.0316. The fourth-order valence-corrected chi connectivity index (χ4v) is 2.99. The Morgan fingerprint density at radius 2 is 2.26 bits per heavy atom. The van der Waals surface area contributed by atoms with Gasteiger partial charge in [-0.15, -0.1) is 0 Å². The summed E-state index contributed by atoms with van der Waals surface area (Å²) in [6.07, 6.45) is 1.92. The molecule has 0 N–H and O–H groups in total. The number of halogens is 2. The minimum atomic E-state index is -0.423. The predicted octanol–water partition coefficient (Wildman–Crippen LogP) is 2.77. The summed E-state index contributed by atoms with van der Waals surface area (Å²) in [5.41, 5.74) is 0.356. The minimum Gasteiger partial charge on any atom is -0.469 e. The average Bonchev–Trinajstić information content (AvgIpc) is 3.03. The van der Waals surface area contributed by atoms with Gasteiger partial charge in [0.25, 0.3) is 5.91 Å². The number of nitrogens with zero attached hydrogens (tertiary/aromatic N) is 1. The lowest BCUT2D eigenvalue weighted by molar-refractivity contribution is -0.140. The molecule has 1 heterocycles. The Bertz CT molecular complexity index is 575. The summed E-state index contributed by atoms with van der Waals surface area (Å²) in [7, 11) is 1.31. The van der Waals surface area contributed by atoms with Crippen molar-refractivity contribution in [2.75, 3.05) is 26.8 Å². The van der Waals surface area contributed by atoms with E-state index in [9.17, 15) is 14.0 Å². The molecule has 1 fully saturated rings. The summed E-state index contributed by atoms with van der Waals surface area (Å²) >= 11 is 3.21. The number of hydrogen-bond acceptors (Lipinski definition) is 4. The first-order valence-electron chi connectivity index (χ1n) is 7.44. The summed E-state index contributed by atoms with van der Waals surface area (Å²) < 4.78 is 23.8. The van der Waals surface area contributed by atoms with Gasteiger partial charge < -0.3 is 14.4 Å².